The quantitative estimate of drug-likeness (QED) is 0.435. The molecule has 0 aliphatic heterocycles. The van der Waals surface area contributed by atoms with Gasteiger partial charge in [0.1, 0.15) is 0 Å². The molecule has 3 heteroatoms. The largest absolute Gasteiger partial charge is 0.238 e. The van der Waals surface area contributed by atoms with Crippen molar-refractivity contribution in [3.63, 3.8) is 0 Å². The van der Waals surface area contributed by atoms with Gasteiger partial charge in [-0.3, -0.25) is 0 Å². The average Bonchev–Trinajstić information content (AvgIpc) is 2.17. The summed E-state index contributed by atoms with van der Waals surface area (Å²) in [6, 6.07) is 7.07. The maximum absolute atomic E-state index is 13.8. The Labute approximate surface area is 95.2 Å². The molecule has 1 rings (SSSR count). The van der Waals surface area contributed by atoms with Gasteiger partial charge in [-0.2, -0.15) is 4.99 Å². The van der Waals surface area contributed by atoms with Gasteiger partial charge in [0.05, 0.1) is 0 Å². The molecule has 0 bridgehead atoms. The molecule has 0 saturated heterocycles. The van der Waals surface area contributed by atoms with Crippen LogP contribution >= 0.6 is 0 Å². The predicted molar refractivity (Wildman–Crippen MR) is 61.6 cm³/mol. The normalized spacial score (nSPS) is 14.3. The number of halogens is 1. The maximum Gasteiger partial charge on any atom is 0.238 e. The van der Waals surface area contributed by atoms with Crippen LogP contribution in [0.25, 0.3) is 0 Å². The summed E-state index contributed by atoms with van der Waals surface area (Å²) in [6.07, 6.45) is 2.21. The lowest BCUT2D eigenvalue weighted by Gasteiger charge is -2.14. The molecular formula is C13H16FNO. The second-order valence-corrected chi connectivity index (χ2v) is 4.45. The number of alkyl halides is 1. The molecule has 0 N–H and O–H groups in total. The average molecular weight is 221 g/mol. The Morgan fingerprint density at radius 2 is 1.94 bits per heavy atom. The smallest absolute Gasteiger partial charge is 0.212 e. The van der Waals surface area contributed by atoms with Crippen LogP contribution < -0.4 is 0 Å². The van der Waals surface area contributed by atoms with Crippen molar-refractivity contribution in [3.8, 4) is 0 Å². The number of carbonyl (C=O) groups excluding carboxylic acids is 1. The van der Waals surface area contributed by atoms with E-state index < -0.39 is 5.79 Å². The number of isocyanates is 1. The van der Waals surface area contributed by atoms with Crippen molar-refractivity contribution in [2.45, 2.75) is 33.0 Å². The zero-order valence-electron chi connectivity index (χ0n) is 9.83. The van der Waals surface area contributed by atoms with Crippen LogP contribution in [0.4, 0.5) is 4.39 Å². The molecule has 16 heavy (non-hydrogen) atoms. The van der Waals surface area contributed by atoms with Gasteiger partial charge in [-0.1, -0.05) is 38.1 Å². The van der Waals surface area contributed by atoms with Gasteiger partial charge in [0.15, 0.2) is 0 Å². The molecule has 86 valence electrons. The maximum atomic E-state index is 13.8. The molecule has 0 heterocycles. The molecule has 0 fully saturated rings. The molecule has 1 aromatic carbocycles. The number of benzene rings is 1. The highest BCUT2D eigenvalue weighted by atomic mass is 19.1. The lowest BCUT2D eigenvalue weighted by molar-refractivity contribution is 0.206. The Bertz CT molecular complexity index is 389. The summed E-state index contributed by atoms with van der Waals surface area (Å²) < 4.78 is 13.8. The van der Waals surface area contributed by atoms with Gasteiger partial charge >= 0.3 is 0 Å². The monoisotopic (exact) mass is 221 g/mol. The van der Waals surface area contributed by atoms with Crippen LogP contribution in [0.15, 0.2) is 29.3 Å². The standard InChI is InChI=1S/C13H16FNO/c1-10(2)8-11-4-6-12(7-5-11)13(3,14)15-9-16/h4-7,10H,8H2,1-3H3. The fourth-order valence-corrected chi connectivity index (χ4v) is 1.57. The van der Waals surface area contributed by atoms with E-state index >= 15 is 0 Å². The van der Waals surface area contributed by atoms with Crippen LogP contribution in [0.3, 0.4) is 0 Å². The van der Waals surface area contributed by atoms with E-state index in [2.05, 4.69) is 18.8 Å². The van der Waals surface area contributed by atoms with E-state index in [0.717, 1.165) is 12.0 Å². The van der Waals surface area contributed by atoms with E-state index in [1.807, 2.05) is 12.1 Å². The molecule has 0 aromatic heterocycles. The highest BCUT2D eigenvalue weighted by Gasteiger charge is 2.24. The number of nitrogens with zero attached hydrogens (tertiary/aromatic N) is 1. The molecule has 1 unspecified atom stereocenters. The summed E-state index contributed by atoms with van der Waals surface area (Å²) >= 11 is 0. The first-order chi connectivity index (χ1) is 7.45. The van der Waals surface area contributed by atoms with Crippen LogP contribution in [0.2, 0.25) is 0 Å². The summed E-state index contributed by atoms with van der Waals surface area (Å²) in [7, 11) is 0. The van der Waals surface area contributed by atoms with Gasteiger partial charge in [-0.05, 0) is 24.8 Å². The van der Waals surface area contributed by atoms with Crippen molar-refractivity contribution in [2.75, 3.05) is 0 Å². The van der Waals surface area contributed by atoms with Crippen LogP contribution in [-0.2, 0) is 17.0 Å². The summed E-state index contributed by atoms with van der Waals surface area (Å²) in [5.74, 6) is -1.41. The third-order valence-corrected chi connectivity index (χ3v) is 2.38. The molecule has 0 aliphatic carbocycles. The van der Waals surface area contributed by atoms with Gasteiger partial charge in [0, 0.05) is 5.56 Å². The lowest BCUT2D eigenvalue weighted by atomic mass is 9.99. The van der Waals surface area contributed by atoms with E-state index in [1.54, 1.807) is 12.1 Å². The first-order valence-electron chi connectivity index (χ1n) is 5.33. The molecule has 0 radical (unpaired) electrons. The van der Waals surface area contributed by atoms with Crippen molar-refractivity contribution < 1.29 is 9.18 Å². The van der Waals surface area contributed by atoms with E-state index in [4.69, 9.17) is 0 Å². The Kier molecular flexibility index (Phi) is 3.97. The summed E-state index contributed by atoms with van der Waals surface area (Å²) in [5.41, 5.74) is 1.54. The molecule has 0 amide bonds. The number of aliphatic imine (C=N–C) groups is 1. The van der Waals surface area contributed by atoms with Crippen molar-refractivity contribution in [1.29, 1.82) is 0 Å². The van der Waals surface area contributed by atoms with Crippen molar-refractivity contribution in [2.24, 2.45) is 10.9 Å². The molecule has 0 aliphatic rings. The summed E-state index contributed by atoms with van der Waals surface area (Å²) in [6.45, 7) is 5.50. The lowest BCUT2D eigenvalue weighted by Crippen LogP contribution is -2.11. The van der Waals surface area contributed by atoms with E-state index in [9.17, 15) is 9.18 Å². The highest BCUT2D eigenvalue weighted by Crippen LogP contribution is 2.26. The fourth-order valence-electron chi connectivity index (χ4n) is 1.57. The first-order valence-corrected chi connectivity index (χ1v) is 5.33. The van der Waals surface area contributed by atoms with Crippen LogP contribution in [0.5, 0.6) is 0 Å². The number of rotatable bonds is 4. The van der Waals surface area contributed by atoms with Crippen molar-refractivity contribution in [1.82, 2.24) is 0 Å². The van der Waals surface area contributed by atoms with Crippen molar-refractivity contribution in [3.05, 3.63) is 35.4 Å². The minimum absolute atomic E-state index is 0.378. The van der Waals surface area contributed by atoms with Crippen LogP contribution in [0, 0.1) is 5.92 Å². The zero-order chi connectivity index (χ0) is 12.2. The van der Waals surface area contributed by atoms with Gasteiger partial charge in [-0.15, -0.1) is 0 Å². The molecule has 0 spiro atoms. The highest BCUT2D eigenvalue weighted by molar-refractivity contribution is 5.37. The SMILES string of the molecule is CC(C)Cc1ccc(C(C)(F)N=C=O)cc1. The third kappa shape index (κ3) is 3.28. The van der Waals surface area contributed by atoms with E-state index in [0.29, 0.717) is 11.5 Å². The number of hydrogen-bond donors (Lipinski definition) is 0. The molecular weight excluding hydrogens is 205 g/mol. The molecule has 2 nitrogen and oxygen atoms in total. The first kappa shape index (κ1) is 12.6. The van der Waals surface area contributed by atoms with Gasteiger partial charge in [-0.25, -0.2) is 9.18 Å². The zero-order valence-corrected chi connectivity index (χ0v) is 9.83. The van der Waals surface area contributed by atoms with Gasteiger partial charge < -0.3 is 0 Å². The molecule has 0 saturated carbocycles. The van der Waals surface area contributed by atoms with Crippen molar-refractivity contribution >= 4 is 6.08 Å². The van der Waals surface area contributed by atoms with Crippen LogP contribution in [0.1, 0.15) is 31.9 Å². The molecule has 1 atom stereocenters. The Morgan fingerprint density at radius 1 is 1.38 bits per heavy atom. The topological polar surface area (TPSA) is 29.4 Å². The Balaban J connectivity index is 2.90. The predicted octanol–water partition coefficient (Wildman–Crippen LogP) is 3.36. The Morgan fingerprint density at radius 3 is 2.38 bits per heavy atom. The minimum atomic E-state index is -1.97. The fraction of sp³-hybridized carbons (Fsp3) is 0.462. The second kappa shape index (κ2) is 5.04. The van der Waals surface area contributed by atoms with Gasteiger partial charge in [0.2, 0.25) is 11.9 Å². The van der Waals surface area contributed by atoms with Crippen LogP contribution in [-0.4, -0.2) is 6.08 Å². The van der Waals surface area contributed by atoms with Gasteiger partial charge in [0.25, 0.3) is 0 Å². The van der Waals surface area contributed by atoms with E-state index in [1.165, 1.54) is 13.0 Å². The molecule has 1 aromatic rings. The number of hydrogen-bond acceptors (Lipinski definition) is 2. The third-order valence-electron chi connectivity index (χ3n) is 2.38. The summed E-state index contributed by atoms with van der Waals surface area (Å²) in [5, 5.41) is 0. The summed E-state index contributed by atoms with van der Waals surface area (Å²) in [4.78, 5) is 13.2. The minimum Gasteiger partial charge on any atom is -0.212 e. The Hall–Kier alpha value is -1.47. The second-order valence-electron chi connectivity index (χ2n) is 4.45. The van der Waals surface area contributed by atoms with E-state index in [-0.39, 0.29) is 0 Å².